The second kappa shape index (κ2) is 7.75. The minimum absolute atomic E-state index is 0.731. The Kier molecular flexibility index (Phi) is 5.99. The lowest BCUT2D eigenvalue weighted by Crippen LogP contribution is -2.40. The van der Waals surface area contributed by atoms with Crippen molar-refractivity contribution in [2.24, 2.45) is 5.92 Å². The van der Waals surface area contributed by atoms with Crippen LogP contribution in [-0.2, 0) is 6.54 Å². The van der Waals surface area contributed by atoms with E-state index in [2.05, 4.69) is 54.3 Å². The van der Waals surface area contributed by atoms with Crippen LogP contribution in [0.3, 0.4) is 0 Å². The van der Waals surface area contributed by atoms with E-state index in [-0.39, 0.29) is 0 Å². The molecule has 20 heavy (non-hydrogen) atoms. The average Bonchev–Trinajstić information content (AvgIpc) is 2.41. The van der Waals surface area contributed by atoms with Gasteiger partial charge in [-0.2, -0.15) is 0 Å². The van der Waals surface area contributed by atoms with Gasteiger partial charge in [0.05, 0.1) is 5.69 Å². The third-order valence-electron chi connectivity index (χ3n) is 4.39. The molecule has 1 N–H and O–H groups in total. The molecule has 1 aliphatic rings. The Balaban J connectivity index is 1.68. The van der Waals surface area contributed by atoms with Gasteiger partial charge in [-0.05, 0) is 44.9 Å². The quantitative estimate of drug-likeness (QED) is 0.865. The number of aryl methyl sites for hydroxylation is 1. The van der Waals surface area contributed by atoms with Crippen molar-refractivity contribution in [1.82, 2.24) is 15.2 Å². The SMILES string of the molecule is Cc1cccc(CN(C)CCNC2CCCCC2C)n1. The van der Waals surface area contributed by atoms with E-state index in [4.69, 9.17) is 0 Å². The van der Waals surface area contributed by atoms with Crippen LogP contribution < -0.4 is 5.32 Å². The number of nitrogens with zero attached hydrogens (tertiary/aromatic N) is 2. The fourth-order valence-corrected chi connectivity index (χ4v) is 3.10. The fourth-order valence-electron chi connectivity index (χ4n) is 3.10. The van der Waals surface area contributed by atoms with Gasteiger partial charge in [-0.1, -0.05) is 25.8 Å². The van der Waals surface area contributed by atoms with Gasteiger partial charge in [-0.15, -0.1) is 0 Å². The Morgan fingerprint density at radius 2 is 2.10 bits per heavy atom. The summed E-state index contributed by atoms with van der Waals surface area (Å²) in [6.07, 6.45) is 5.55. The van der Waals surface area contributed by atoms with E-state index >= 15 is 0 Å². The summed E-state index contributed by atoms with van der Waals surface area (Å²) in [7, 11) is 2.18. The van der Waals surface area contributed by atoms with Crippen LogP contribution in [0.4, 0.5) is 0 Å². The first-order chi connectivity index (χ1) is 9.65. The number of nitrogens with one attached hydrogen (secondary N) is 1. The van der Waals surface area contributed by atoms with Crippen molar-refractivity contribution in [3.05, 3.63) is 29.6 Å². The van der Waals surface area contributed by atoms with E-state index in [1.165, 1.54) is 31.4 Å². The van der Waals surface area contributed by atoms with Crippen molar-refractivity contribution in [1.29, 1.82) is 0 Å². The van der Waals surface area contributed by atoms with Crippen molar-refractivity contribution in [2.75, 3.05) is 20.1 Å². The Morgan fingerprint density at radius 1 is 1.30 bits per heavy atom. The summed E-state index contributed by atoms with van der Waals surface area (Å²) in [5.41, 5.74) is 2.27. The fraction of sp³-hybridized carbons (Fsp3) is 0.706. The standard InChI is InChI=1S/C17H29N3/c1-14-7-4-5-10-17(14)18-11-12-20(3)13-16-9-6-8-15(2)19-16/h6,8-9,14,17-18H,4-5,7,10-13H2,1-3H3. The number of aromatic nitrogens is 1. The maximum absolute atomic E-state index is 4.56. The third kappa shape index (κ3) is 4.88. The molecule has 0 aromatic carbocycles. The second-order valence-electron chi connectivity index (χ2n) is 6.33. The highest BCUT2D eigenvalue weighted by Crippen LogP contribution is 2.23. The van der Waals surface area contributed by atoms with Crippen LogP contribution in [0.25, 0.3) is 0 Å². The lowest BCUT2D eigenvalue weighted by Gasteiger charge is -2.30. The van der Waals surface area contributed by atoms with Gasteiger partial charge in [0, 0.05) is 31.4 Å². The van der Waals surface area contributed by atoms with Crippen LogP contribution in [0.15, 0.2) is 18.2 Å². The highest BCUT2D eigenvalue weighted by atomic mass is 15.1. The zero-order valence-electron chi connectivity index (χ0n) is 13.2. The highest BCUT2D eigenvalue weighted by molar-refractivity contribution is 5.09. The normalized spacial score (nSPS) is 23.2. The molecule has 1 aromatic rings. The minimum Gasteiger partial charge on any atom is -0.312 e. The number of hydrogen-bond donors (Lipinski definition) is 1. The van der Waals surface area contributed by atoms with Gasteiger partial charge in [0.15, 0.2) is 0 Å². The van der Waals surface area contributed by atoms with Gasteiger partial charge in [-0.3, -0.25) is 9.88 Å². The Labute approximate surface area is 123 Å². The summed E-state index contributed by atoms with van der Waals surface area (Å²) < 4.78 is 0. The number of rotatable bonds is 6. The van der Waals surface area contributed by atoms with Crippen molar-refractivity contribution in [3.63, 3.8) is 0 Å². The molecule has 1 aliphatic carbocycles. The van der Waals surface area contributed by atoms with Gasteiger partial charge < -0.3 is 5.32 Å². The van der Waals surface area contributed by atoms with Crippen LogP contribution in [0.5, 0.6) is 0 Å². The summed E-state index contributed by atoms with van der Waals surface area (Å²) in [5, 5.41) is 3.74. The molecular weight excluding hydrogens is 246 g/mol. The molecule has 0 amide bonds. The summed E-state index contributed by atoms with van der Waals surface area (Å²) in [6.45, 7) is 7.53. The Morgan fingerprint density at radius 3 is 2.85 bits per heavy atom. The molecule has 2 rings (SSSR count). The van der Waals surface area contributed by atoms with Gasteiger partial charge in [0.1, 0.15) is 0 Å². The maximum atomic E-state index is 4.56. The average molecular weight is 275 g/mol. The molecule has 0 saturated heterocycles. The molecule has 3 heteroatoms. The molecule has 2 atom stereocenters. The van der Waals surface area contributed by atoms with E-state index in [0.717, 1.165) is 37.3 Å². The molecule has 1 fully saturated rings. The van der Waals surface area contributed by atoms with E-state index in [0.29, 0.717) is 0 Å². The topological polar surface area (TPSA) is 28.2 Å². The van der Waals surface area contributed by atoms with Gasteiger partial charge in [-0.25, -0.2) is 0 Å². The zero-order valence-corrected chi connectivity index (χ0v) is 13.2. The number of likely N-dealkylation sites (N-methyl/N-ethyl adjacent to an activating group) is 1. The van der Waals surface area contributed by atoms with Crippen molar-refractivity contribution in [2.45, 2.75) is 52.1 Å². The molecule has 0 radical (unpaired) electrons. The molecule has 112 valence electrons. The van der Waals surface area contributed by atoms with Crippen LogP contribution >= 0.6 is 0 Å². The lowest BCUT2D eigenvalue weighted by atomic mass is 9.86. The summed E-state index contributed by atoms with van der Waals surface area (Å²) in [5.74, 6) is 0.840. The Bertz CT molecular complexity index is 405. The predicted molar refractivity (Wildman–Crippen MR) is 84.7 cm³/mol. The van der Waals surface area contributed by atoms with Crippen LogP contribution in [0.2, 0.25) is 0 Å². The first-order valence-corrected chi connectivity index (χ1v) is 7.99. The molecule has 0 bridgehead atoms. The molecule has 0 spiro atoms. The lowest BCUT2D eigenvalue weighted by molar-refractivity contribution is 0.257. The summed E-state index contributed by atoms with van der Waals surface area (Å²) >= 11 is 0. The third-order valence-corrected chi connectivity index (χ3v) is 4.39. The largest absolute Gasteiger partial charge is 0.312 e. The monoisotopic (exact) mass is 275 g/mol. The zero-order chi connectivity index (χ0) is 14.4. The summed E-state index contributed by atoms with van der Waals surface area (Å²) in [4.78, 5) is 6.91. The maximum Gasteiger partial charge on any atom is 0.0547 e. The molecular formula is C17H29N3. The molecule has 1 saturated carbocycles. The van der Waals surface area contributed by atoms with E-state index < -0.39 is 0 Å². The molecule has 1 heterocycles. The second-order valence-corrected chi connectivity index (χ2v) is 6.33. The first-order valence-electron chi connectivity index (χ1n) is 7.99. The number of hydrogen-bond acceptors (Lipinski definition) is 3. The van der Waals surface area contributed by atoms with Crippen molar-refractivity contribution >= 4 is 0 Å². The highest BCUT2D eigenvalue weighted by Gasteiger charge is 2.20. The van der Waals surface area contributed by atoms with Gasteiger partial charge >= 0.3 is 0 Å². The Hall–Kier alpha value is -0.930. The summed E-state index contributed by atoms with van der Waals surface area (Å²) in [6, 6.07) is 6.98. The predicted octanol–water partition coefficient (Wildman–Crippen LogP) is 2.99. The van der Waals surface area contributed by atoms with Gasteiger partial charge in [0.2, 0.25) is 0 Å². The van der Waals surface area contributed by atoms with Crippen LogP contribution in [0.1, 0.15) is 44.0 Å². The molecule has 0 aliphatic heterocycles. The number of pyridine rings is 1. The van der Waals surface area contributed by atoms with Crippen molar-refractivity contribution < 1.29 is 0 Å². The van der Waals surface area contributed by atoms with Crippen molar-refractivity contribution in [3.8, 4) is 0 Å². The molecule has 3 nitrogen and oxygen atoms in total. The van der Waals surface area contributed by atoms with E-state index in [1.54, 1.807) is 0 Å². The molecule has 1 aromatic heterocycles. The molecule has 2 unspecified atom stereocenters. The van der Waals surface area contributed by atoms with Gasteiger partial charge in [0.25, 0.3) is 0 Å². The van der Waals surface area contributed by atoms with E-state index in [9.17, 15) is 0 Å². The van der Waals surface area contributed by atoms with E-state index in [1.807, 2.05) is 0 Å². The first kappa shape index (κ1) is 15.5. The van der Waals surface area contributed by atoms with Crippen LogP contribution in [-0.4, -0.2) is 36.1 Å². The van der Waals surface area contributed by atoms with Crippen LogP contribution in [0, 0.1) is 12.8 Å². The smallest absolute Gasteiger partial charge is 0.0547 e. The minimum atomic E-state index is 0.731.